The summed E-state index contributed by atoms with van der Waals surface area (Å²) in [5.41, 5.74) is 0.936. The summed E-state index contributed by atoms with van der Waals surface area (Å²) in [5, 5.41) is 9.84. The molecule has 0 saturated carbocycles. The van der Waals surface area contributed by atoms with Gasteiger partial charge in [0.15, 0.2) is 5.82 Å². The van der Waals surface area contributed by atoms with Crippen LogP contribution < -0.4 is 0 Å². The molecular weight excluding hydrogens is 198 g/mol. The second kappa shape index (κ2) is 3.38. The molecule has 6 heteroatoms. The Morgan fingerprint density at radius 3 is 2.71 bits per heavy atom. The molecule has 0 aliphatic heterocycles. The molecule has 0 spiro atoms. The van der Waals surface area contributed by atoms with Crippen LogP contribution in [0.4, 0.5) is 0 Å². The van der Waals surface area contributed by atoms with Crippen molar-refractivity contribution in [2.24, 2.45) is 0 Å². The zero-order valence-corrected chi connectivity index (χ0v) is 8.80. The van der Waals surface area contributed by atoms with Crippen molar-refractivity contribution in [1.82, 2.24) is 25.0 Å². The van der Waals surface area contributed by atoms with E-state index in [-0.39, 0.29) is 0 Å². The molecule has 0 saturated heterocycles. The van der Waals surface area contributed by atoms with Crippen molar-refractivity contribution in [3.8, 4) is 11.4 Å². The van der Waals surface area contributed by atoms with Gasteiger partial charge in [0.25, 0.3) is 0 Å². The van der Waals surface area contributed by atoms with Crippen LogP contribution in [0.15, 0.2) is 12.4 Å². The zero-order valence-electron chi connectivity index (χ0n) is 7.98. The van der Waals surface area contributed by atoms with Crippen LogP contribution in [-0.2, 0) is 0 Å². The first-order valence-electron chi connectivity index (χ1n) is 4.36. The Balaban J connectivity index is 2.38. The van der Waals surface area contributed by atoms with Crippen molar-refractivity contribution in [3.63, 3.8) is 0 Å². The zero-order chi connectivity index (χ0) is 10.1. The van der Waals surface area contributed by atoms with Crippen LogP contribution in [-0.4, -0.2) is 25.0 Å². The van der Waals surface area contributed by atoms with Gasteiger partial charge in [-0.3, -0.25) is 14.9 Å². The van der Waals surface area contributed by atoms with E-state index in [1.54, 1.807) is 6.20 Å². The van der Waals surface area contributed by atoms with Gasteiger partial charge in [0.05, 0.1) is 11.8 Å². The second-order valence-corrected chi connectivity index (χ2v) is 3.71. The van der Waals surface area contributed by atoms with Gasteiger partial charge in [0.1, 0.15) is 0 Å². The molecule has 0 bridgehead atoms. The van der Waals surface area contributed by atoms with Gasteiger partial charge in [-0.2, -0.15) is 10.1 Å². The molecule has 2 rings (SSSR count). The second-order valence-electron chi connectivity index (χ2n) is 3.32. The highest BCUT2D eigenvalue weighted by atomic mass is 32.1. The summed E-state index contributed by atoms with van der Waals surface area (Å²) in [7, 11) is 0. The van der Waals surface area contributed by atoms with Crippen LogP contribution in [0.3, 0.4) is 0 Å². The SMILES string of the molecule is CC(C)n1cc(-c2nc(=S)[nH][nH]2)cn1. The molecule has 0 radical (unpaired) electrons. The van der Waals surface area contributed by atoms with Crippen LogP contribution in [0.5, 0.6) is 0 Å². The van der Waals surface area contributed by atoms with E-state index in [0.29, 0.717) is 10.8 Å². The predicted octanol–water partition coefficient (Wildman–Crippen LogP) is 1.91. The van der Waals surface area contributed by atoms with Crippen molar-refractivity contribution >= 4 is 12.2 Å². The first-order chi connectivity index (χ1) is 6.66. The Hall–Kier alpha value is -1.43. The summed E-state index contributed by atoms with van der Waals surface area (Å²) in [6, 6.07) is 0.352. The van der Waals surface area contributed by atoms with Crippen molar-refractivity contribution in [3.05, 3.63) is 17.2 Å². The number of aromatic nitrogens is 5. The fourth-order valence-electron chi connectivity index (χ4n) is 1.15. The summed E-state index contributed by atoms with van der Waals surface area (Å²) < 4.78 is 2.33. The maximum Gasteiger partial charge on any atom is 0.213 e. The molecule has 2 aromatic rings. The highest BCUT2D eigenvalue weighted by molar-refractivity contribution is 7.71. The Bertz CT molecular complexity index is 478. The topological polar surface area (TPSA) is 62.3 Å². The minimum Gasteiger partial charge on any atom is -0.282 e. The lowest BCUT2D eigenvalue weighted by Gasteiger charge is -2.02. The van der Waals surface area contributed by atoms with Crippen molar-refractivity contribution < 1.29 is 0 Å². The molecule has 0 atom stereocenters. The van der Waals surface area contributed by atoms with E-state index in [9.17, 15) is 0 Å². The molecule has 74 valence electrons. The quantitative estimate of drug-likeness (QED) is 0.743. The summed E-state index contributed by atoms with van der Waals surface area (Å²) in [6.45, 7) is 4.15. The molecule has 0 amide bonds. The van der Waals surface area contributed by atoms with E-state index in [1.807, 2.05) is 10.9 Å². The molecular formula is C8H11N5S. The highest BCUT2D eigenvalue weighted by Crippen LogP contribution is 2.14. The Morgan fingerprint density at radius 1 is 1.43 bits per heavy atom. The van der Waals surface area contributed by atoms with E-state index in [2.05, 4.69) is 34.1 Å². The highest BCUT2D eigenvalue weighted by Gasteiger charge is 2.05. The predicted molar refractivity (Wildman–Crippen MR) is 55.4 cm³/mol. The number of nitrogens with one attached hydrogen (secondary N) is 2. The number of rotatable bonds is 2. The van der Waals surface area contributed by atoms with Crippen LogP contribution in [0.1, 0.15) is 19.9 Å². The fourth-order valence-corrected chi connectivity index (χ4v) is 1.29. The number of hydrogen-bond donors (Lipinski definition) is 2. The average molecular weight is 209 g/mol. The van der Waals surface area contributed by atoms with Crippen molar-refractivity contribution in [2.75, 3.05) is 0 Å². The third kappa shape index (κ3) is 1.60. The summed E-state index contributed by atoms with van der Waals surface area (Å²) in [5.74, 6) is 0.724. The molecule has 14 heavy (non-hydrogen) atoms. The van der Waals surface area contributed by atoms with E-state index < -0.39 is 0 Å². The van der Waals surface area contributed by atoms with Gasteiger partial charge < -0.3 is 0 Å². The molecule has 0 aromatic carbocycles. The molecule has 0 unspecified atom stereocenters. The maximum atomic E-state index is 4.87. The summed E-state index contributed by atoms with van der Waals surface area (Å²) in [4.78, 5) is 4.10. The van der Waals surface area contributed by atoms with Gasteiger partial charge in [-0.25, -0.2) is 0 Å². The molecule has 2 N–H and O–H groups in total. The standard InChI is InChI=1S/C8H11N5S/c1-5(2)13-4-6(3-9-13)7-10-8(14)12-11-7/h3-5H,1-2H3,(H2,10,11,12,14). The Morgan fingerprint density at radius 2 is 2.21 bits per heavy atom. The van der Waals surface area contributed by atoms with E-state index in [1.165, 1.54) is 0 Å². The lowest BCUT2D eigenvalue weighted by Crippen LogP contribution is -1.99. The smallest absolute Gasteiger partial charge is 0.213 e. The molecule has 0 aliphatic carbocycles. The molecule has 2 heterocycles. The lowest BCUT2D eigenvalue weighted by molar-refractivity contribution is 0.532. The fraction of sp³-hybridized carbons (Fsp3) is 0.375. The van der Waals surface area contributed by atoms with Crippen molar-refractivity contribution in [1.29, 1.82) is 0 Å². The first-order valence-corrected chi connectivity index (χ1v) is 4.77. The number of aromatic amines is 2. The summed E-state index contributed by atoms with van der Waals surface area (Å²) >= 11 is 4.87. The summed E-state index contributed by atoms with van der Waals surface area (Å²) in [6.07, 6.45) is 3.70. The molecule has 5 nitrogen and oxygen atoms in total. The Labute approximate surface area is 86.2 Å². The van der Waals surface area contributed by atoms with Crippen LogP contribution in [0.25, 0.3) is 11.4 Å². The monoisotopic (exact) mass is 209 g/mol. The van der Waals surface area contributed by atoms with Gasteiger partial charge in [-0.05, 0) is 26.1 Å². The van der Waals surface area contributed by atoms with Crippen LogP contribution in [0, 0.1) is 4.77 Å². The van der Waals surface area contributed by atoms with Gasteiger partial charge in [-0.15, -0.1) is 0 Å². The van der Waals surface area contributed by atoms with Crippen molar-refractivity contribution in [2.45, 2.75) is 19.9 Å². The number of hydrogen-bond acceptors (Lipinski definition) is 3. The molecule has 0 aliphatic rings. The normalized spacial score (nSPS) is 11.1. The van der Waals surface area contributed by atoms with E-state index in [4.69, 9.17) is 12.2 Å². The maximum absolute atomic E-state index is 4.87. The number of nitrogens with zero attached hydrogens (tertiary/aromatic N) is 3. The van der Waals surface area contributed by atoms with E-state index in [0.717, 1.165) is 11.4 Å². The lowest BCUT2D eigenvalue weighted by atomic mass is 10.3. The third-order valence-electron chi connectivity index (χ3n) is 1.91. The van der Waals surface area contributed by atoms with Crippen LogP contribution >= 0.6 is 12.2 Å². The minimum atomic E-state index is 0.352. The van der Waals surface area contributed by atoms with Gasteiger partial charge in [0.2, 0.25) is 4.77 Å². The number of H-pyrrole nitrogens is 2. The molecule has 0 fully saturated rings. The Kier molecular flexibility index (Phi) is 2.20. The first kappa shape index (κ1) is 9.14. The third-order valence-corrected chi connectivity index (χ3v) is 2.10. The largest absolute Gasteiger partial charge is 0.282 e. The van der Waals surface area contributed by atoms with Gasteiger partial charge >= 0.3 is 0 Å². The molecule has 2 aromatic heterocycles. The van der Waals surface area contributed by atoms with Gasteiger partial charge in [0, 0.05) is 12.2 Å². The van der Waals surface area contributed by atoms with Gasteiger partial charge in [-0.1, -0.05) is 0 Å². The average Bonchev–Trinajstić information content (AvgIpc) is 2.70. The van der Waals surface area contributed by atoms with E-state index >= 15 is 0 Å². The minimum absolute atomic E-state index is 0.352. The van der Waals surface area contributed by atoms with Crippen LogP contribution in [0.2, 0.25) is 0 Å².